The summed E-state index contributed by atoms with van der Waals surface area (Å²) in [5.41, 5.74) is 1.92. The van der Waals surface area contributed by atoms with E-state index in [1.54, 1.807) is 12.1 Å². The number of nitrogens with two attached hydrogens (primary N) is 1. The lowest BCUT2D eigenvalue weighted by atomic mass is 10.0. The quantitative estimate of drug-likeness (QED) is 0.133. The molecule has 0 saturated heterocycles. The summed E-state index contributed by atoms with van der Waals surface area (Å²) in [7, 11) is -5.75. The van der Waals surface area contributed by atoms with Crippen LogP contribution in [0.4, 0.5) is 8.78 Å². The molecule has 0 radical (unpaired) electrons. The smallest absolute Gasteiger partial charge is 0.368 e. The fourth-order valence-electron chi connectivity index (χ4n) is 3.77. The van der Waals surface area contributed by atoms with Gasteiger partial charge in [0.15, 0.2) is 0 Å². The van der Waals surface area contributed by atoms with Crippen LogP contribution in [0.2, 0.25) is 0 Å². The molecule has 7 N–H and O–H groups in total. The number of aryl methyl sites for hydroxylation is 1. The summed E-state index contributed by atoms with van der Waals surface area (Å²) in [6.45, 7) is 3.38. The van der Waals surface area contributed by atoms with Gasteiger partial charge in [-0.3, -0.25) is 23.7 Å². The summed E-state index contributed by atoms with van der Waals surface area (Å²) in [5, 5.41) is 7.69. The van der Waals surface area contributed by atoms with Crippen LogP contribution in [-0.2, 0) is 31.0 Å². The van der Waals surface area contributed by atoms with E-state index in [1.807, 2.05) is 13.0 Å². The average molecular weight is 661 g/mol. The first-order chi connectivity index (χ1) is 19.0. The van der Waals surface area contributed by atoms with Crippen molar-refractivity contribution in [2.75, 3.05) is 6.54 Å². The van der Waals surface area contributed by atoms with Gasteiger partial charge in [0.1, 0.15) is 12.1 Å². The summed E-state index contributed by atoms with van der Waals surface area (Å²) in [6.07, 6.45) is 0.900. The van der Waals surface area contributed by atoms with E-state index in [4.69, 9.17) is 15.5 Å². The summed E-state index contributed by atoms with van der Waals surface area (Å²) in [4.78, 5) is 66.7. The Balaban J connectivity index is 1.96. The van der Waals surface area contributed by atoms with E-state index in [9.17, 15) is 32.5 Å². The molecule has 0 heterocycles. The van der Waals surface area contributed by atoms with Crippen LogP contribution in [0.1, 0.15) is 53.2 Å². The van der Waals surface area contributed by atoms with Gasteiger partial charge in [0, 0.05) is 35.5 Å². The van der Waals surface area contributed by atoms with Crippen molar-refractivity contribution < 1.29 is 42.3 Å². The van der Waals surface area contributed by atoms with E-state index in [0.29, 0.717) is 30.5 Å². The Morgan fingerprint density at radius 3 is 2.20 bits per heavy atom. The second-order valence-electron chi connectivity index (χ2n) is 9.42. The molecule has 0 bridgehead atoms. The number of benzene rings is 2. The van der Waals surface area contributed by atoms with Gasteiger partial charge in [0.05, 0.1) is 0 Å². The topological polar surface area (TPSA) is 188 Å². The van der Waals surface area contributed by atoms with Crippen molar-refractivity contribution in [2.24, 2.45) is 5.73 Å². The number of nitrogens with one attached hydrogen (secondary N) is 3. The van der Waals surface area contributed by atoms with E-state index in [-0.39, 0.29) is 18.7 Å². The van der Waals surface area contributed by atoms with Gasteiger partial charge in [0.2, 0.25) is 17.7 Å². The Hall–Kier alpha value is -3.19. The van der Waals surface area contributed by atoms with Gasteiger partial charge in [-0.15, -0.1) is 0 Å². The Labute approximate surface area is 243 Å². The van der Waals surface area contributed by atoms with Crippen molar-refractivity contribution in [1.82, 2.24) is 16.0 Å². The van der Waals surface area contributed by atoms with Gasteiger partial charge in [0.25, 0.3) is 5.91 Å². The van der Waals surface area contributed by atoms with E-state index in [1.165, 1.54) is 6.92 Å². The first-order valence-corrected chi connectivity index (χ1v) is 14.9. The van der Waals surface area contributed by atoms with Gasteiger partial charge in [-0.1, -0.05) is 46.3 Å². The van der Waals surface area contributed by atoms with Crippen molar-refractivity contribution in [3.05, 3.63) is 69.2 Å². The maximum Gasteiger partial charge on any atom is 0.399 e. The molecule has 0 aliphatic rings. The van der Waals surface area contributed by atoms with E-state index in [0.717, 1.165) is 34.3 Å². The highest BCUT2D eigenvalue weighted by molar-refractivity contribution is 9.10. The summed E-state index contributed by atoms with van der Waals surface area (Å²) in [6, 6.07) is 6.88. The lowest BCUT2D eigenvalue weighted by Crippen LogP contribution is -2.53. The Morgan fingerprint density at radius 2 is 1.66 bits per heavy atom. The summed E-state index contributed by atoms with van der Waals surface area (Å²) >= 11 is 3.38. The fraction of sp³-hybridized carbons (Fsp3) is 0.385. The van der Waals surface area contributed by atoms with E-state index < -0.39 is 48.6 Å². The Bertz CT molecular complexity index is 1320. The Kier molecular flexibility index (Phi) is 12.1. The lowest BCUT2D eigenvalue weighted by molar-refractivity contribution is -0.130. The molecule has 0 aromatic heterocycles. The molecule has 4 amide bonds. The average Bonchev–Trinajstić information content (AvgIpc) is 2.88. The monoisotopic (exact) mass is 660 g/mol. The van der Waals surface area contributed by atoms with Crippen molar-refractivity contribution in [3.8, 4) is 0 Å². The Morgan fingerprint density at radius 1 is 1.02 bits per heavy atom. The minimum atomic E-state index is -5.75. The predicted molar refractivity (Wildman–Crippen MR) is 150 cm³/mol. The molecule has 0 spiro atoms. The van der Waals surface area contributed by atoms with Crippen LogP contribution in [0.5, 0.6) is 0 Å². The second kappa shape index (κ2) is 14.6. The summed E-state index contributed by atoms with van der Waals surface area (Å²) < 4.78 is 39.7. The molecule has 0 unspecified atom stereocenters. The van der Waals surface area contributed by atoms with Crippen molar-refractivity contribution in [1.29, 1.82) is 0 Å². The molecule has 2 atom stereocenters. The number of primary amides is 1. The zero-order valence-electron chi connectivity index (χ0n) is 22.3. The number of halogens is 3. The highest BCUT2D eigenvalue weighted by Gasteiger charge is 2.50. The van der Waals surface area contributed by atoms with Crippen LogP contribution in [-0.4, -0.2) is 52.0 Å². The molecule has 0 saturated carbocycles. The van der Waals surface area contributed by atoms with Crippen molar-refractivity contribution >= 4 is 47.2 Å². The van der Waals surface area contributed by atoms with Crippen molar-refractivity contribution in [2.45, 2.75) is 57.3 Å². The minimum Gasteiger partial charge on any atom is -0.368 e. The third-order valence-electron chi connectivity index (χ3n) is 6.10. The number of hydrogen-bond donors (Lipinski definition) is 6. The fourth-order valence-corrected chi connectivity index (χ4v) is 4.63. The van der Waals surface area contributed by atoms with Crippen LogP contribution >= 0.6 is 23.5 Å². The zero-order chi connectivity index (χ0) is 31.0. The standard InChI is InChI=1S/C26H32BrF2N4O7P/c1-15-6-9-18(14-20(15)27)24(36)31-12-4-3-5-21(23(30)35)33-25(37)22(32-16(2)34)13-17-7-10-19(11-8-17)26(28,29)41(38,39)40/h6-11,14,21-22H,3-5,12-13H2,1-2H3,(H2,30,35)(H,31,36)(H,32,34)(H,33,37)(H2,38,39,40)/t21-,22-/m0/s1. The van der Waals surface area contributed by atoms with E-state index >= 15 is 0 Å². The molecule has 2 rings (SSSR count). The highest BCUT2D eigenvalue weighted by atomic mass is 79.9. The maximum atomic E-state index is 13.9. The minimum absolute atomic E-state index is 0.159. The highest BCUT2D eigenvalue weighted by Crippen LogP contribution is 2.59. The van der Waals surface area contributed by atoms with Gasteiger partial charge in [-0.25, -0.2) is 0 Å². The van der Waals surface area contributed by atoms with Crippen LogP contribution < -0.4 is 21.7 Å². The van der Waals surface area contributed by atoms with E-state index in [2.05, 4.69) is 31.9 Å². The maximum absolute atomic E-state index is 13.9. The molecule has 2 aromatic rings. The SMILES string of the molecule is CC(=O)N[C@@H](Cc1ccc(C(F)(F)P(=O)(O)O)cc1)C(=O)N[C@@H](CCCCNC(=O)c1ccc(C)c(Br)c1)C(N)=O. The molecule has 2 aromatic carbocycles. The number of hydrogen-bond acceptors (Lipinski definition) is 5. The number of alkyl halides is 2. The lowest BCUT2D eigenvalue weighted by Gasteiger charge is -2.22. The van der Waals surface area contributed by atoms with Gasteiger partial charge >= 0.3 is 13.3 Å². The number of carbonyl (C=O) groups excluding carboxylic acids is 4. The molecule has 0 fully saturated rings. The van der Waals surface area contributed by atoms with Crippen LogP contribution in [0.15, 0.2) is 46.9 Å². The van der Waals surface area contributed by atoms with Crippen LogP contribution in [0, 0.1) is 6.92 Å². The van der Waals surface area contributed by atoms with Gasteiger partial charge in [-0.2, -0.15) is 8.78 Å². The van der Waals surface area contributed by atoms with Gasteiger partial charge < -0.3 is 31.5 Å². The molecule has 15 heteroatoms. The van der Waals surface area contributed by atoms with Gasteiger partial charge in [-0.05, 0) is 49.4 Å². The molecular weight excluding hydrogens is 629 g/mol. The third-order valence-corrected chi connectivity index (χ3v) is 7.94. The summed E-state index contributed by atoms with van der Waals surface area (Å²) in [5.74, 6) is -2.38. The molecule has 0 aliphatic carbocycles. The zero-order valence-corrected chi connectivity index (χ0v) is 24.8. The number of amides is 4. The normalized spacial score (nSPS) is 13.1. The molecule has 41 heavy (non-hydrogen) atoms. The second-order valence-corrected chi connectivity index (χ2v) is 11.9. The first-order valence-electron chi connectivity index (χ1n) is 12.5. The number of carbonyl (C=O) groups is 4. The number of rotatable bonds is 14. The first kappa shape index (κ1) is 34.0. The predicted octanol–water partition coefficient (Wildman–Crippen LogP) is 2.60. The third kappa shape index (κ3) is 9.99. The van der Waals surface area contributed by atoms with Crippen molar-refractivity contribution in [3.63, 3.8) is 0 Å². The van der Waals surface area contributed by atoms with Crippen LogP contribution in [0.3, 0.4) is 0 Å². The molecule has 11 nitrogen and oxygen atoms in total. The number of unbranched alkanes of at least 4 members (excludes halogenated alkanes) is 1. The molecule has 224 valence electrons. The molecule has 0 aliphatic heterocycles. The largest absolute Gasteiger partial charge is 0.399 e. The molecular formula is C26H32BrF2N4O7P. The van der Waals surface area contributed by atoms with Crippen LogP contribution in [0.25, 0.3) is 0 Å².